The van der Waals surface area contributed by atoms with Crippen LogP contribution in [0.25, 0.3) is 0 Å². The quantitative estimate of drug-likeness (QED) is 0.492. The highest BCUT2D eigenvalue weighted by molar-refractivity contribution is 4.70. The molecule has 0 aromatic rings. The lowest BCUT2D eigenvalue weighted by Crippen LogP contribution is -2.26. The molecule has 0 saturated carbocycles. The number of hydrogen-bond acceptors (Lipinski definition) is 3. The summed E-state index contributed by atoms with van der Waals surface area (Å²) in [7, 11) is 0. The highest BCUT2D eigenvalue weighted by Crippen LogP contribution is 2.14. The fourth-order valence-electron chi connectivity index (χ4n) is 1.03. The van der Waals surface area contributed by atoms with Crippen molar-refractivity contribution in [2.75, 3.05) is 6.61 Å². The normalized spacial score (nSPS) is 27.9. The van der Waals surface area contributed by atoms with Crippen molar-refractivity contribution in [2.24, 2.45) is 0 Å². The van der Waals surface area contributed by atoms with Gasteiger partial charge < -0.3 is 14.6 Å². The second kappa shape index (κ2) is 4.49. The van der Waals surface area contributed by atoms with E-state index in [1.807, 2.05) is 0 Å². The van der Waals surface area contributed by atoms with Gasteiger partial charge in [0.25, 0.3) is 0 Å². The Kier molecular flexibility index (Phi) is 3.56. The van der Waals surface area contributed by atoms with E-state index < -0.39 is 6.29 Å². The Bertz CT molecular complexity index is 119. The molecular weight excluding hydrogens is 144 g/mol. The van der Waals surface area contributed by atoms with Crippen LogP contribution >= 0.6 is 0 Å². The molecule has 0 radical (unpaired) electrons. The van der Waals surface area contributed by atoms with Crippen molar-refractivity contribution in [3.05, 3.63) is 12.7 Å². The van der Waals surface area contributed by atoms with Crippen molar-refractivity contribution in [3.8, 4) is 0 Å². The van der Waals surface area contributed by atoms with Crippen molar-refractivity contribution < 1.29 is 14.6 Å². The summed E-state index contributed by atoms with van der Waals surface area (Å²) in [4.78, 5) is 0. The Hall–Kier alpha value is -0.380. The van der Waals surface area contributed by atoms with Crippen LogP contribution in [0.3, 0.4) is 0 Å². The lowest BCUT2D eigenvalue weighted by atomic mass is 10.2. The summed E-state index contributed by atoms with van der Waals surface area (Å²) in [5, 5.41) is 8.99. The van der Waals surface area contributed by atoms with Gasteiger partial charge in [-0.1, -0.05) is 6.58 Å². The fraction of sp³-hybridized carbons (Fsp3) is 0.750. The van der Waals surface area contributed by atoms with E-state index in [2.05, 4.69) is 6.58 Å². The van der Waals surface area contributed by atoms with Crippen LogP contribution in [0.5, 0.6) is 0 Å². The Morgan fingerprint density at radius 2 is 2.45 bits per heavy atom. The third-order valence-electron chi connectivity index (χ3n) is 1.63. The molecule has 64 valence electrons. The minimum absolute atomic E-state index is 0.239. The smallest absolute Gasteiger partial charge is 0.176 e. The molecule has 1 aliphatic heterocycles. The van der Waals surface area contributed by atoms with Gasteiger partial charge in [0.1, 0.15) is 0 Å². The van der Waals surface area contributed by atoms with Gasteiger partial charge in [-0.25, -0.2) is 0 Å². The zero-order valence-electron chi connectivity index (χ0n) is 6.53. The van der Waals surface area contributed by atoms with E-state index in [1.54, 1.807) is 0 Å². The first-order chi connectivity index (χ1) is 5.33. The van der Waals surface area contributed by atoms with E-state index in [0.29, 0.717) is 0 Å². The van der Waals surface area contributed by atoms with Gasteiger partial charge in [-0.05, 0) is 25.3 Å². The topological polar surface area (TPSA) is 38.7 Å². The lowest BCUT2D eigenvalue weighted by Gasteiger charge is -2.23. The molecule has 1 saturated heterocycles. The van der Waals surface area contributed by atoms with E-state index in [9.17, 15) is 0 Å². The third-order valence-corrected chi connectivity index (χ3v) is 1.63. The minimum atomic E-state index is -0.891. The molecule has 2 unspecified atom stereocenters. The third kappa shape index (κ3) is 3.01. The lowest BCUT2D eigenvalue weighted by molar-refractivity contribution is -0.223. The number of rotatable bonds is 3. The van der Waals surface area contributed by atoms with Crippen molar-refractivity contribution in [1.82, 2.24) is 0 Å². The first-order valence-electron chi connectivity index (χ1n) is 3.90. The molecule has 0 spiro atoms. The standard InChI is InChI=1S/C8H14O3/c1-2-7(9)11-8-5-3-4-6-10-8/h2,7-9H,1,3-6H2. The van der Waals surface area contributed by atoms with Gasteiger partial charge in [0, 0.05) is 6.61 Å². The molecular formula is C8H14O3. The van der Waals surface area contributed by atoms with Crippen LogP contribution in [-0.2, 0) is 9.47 Å². The van der Waals surface area contributed by atoms with E-state index >= 15 is 0 Å². The molecule has 1 heterocycles. The molecule has 0 aliphatic carbocycles. The molecule has 3 nitrogen and oxygen atoms in total. The van der Waals surface area contributed by atoms with Crippen LogP contribution in [0.15, 0.2) is 12.7 Å². The van der Waals surface area contributed by atoms with Crippen LogP contribution < -0.4 is 0 Å². The number of aliphatic hydroxyl groups excluding tert-OH is 1. The van der Waals surface area contributed by atoms with Gasteiger partial charge in [0.15, 0.2) is 12.6 Å². The molecule has 3 heteroatoms. The predicted molar refractivity (Wildman–Crippen MR) is 40.9 cm³/mol. The highest BCUT2D eigenvalue weighted by Gasteiger charge is 2.15. The minimum Gasteiger partial charge on any atom is -0.365 e. The Labute approximate surface area is 66.6 Å². The molecule has 0 aromatic heterocycles. The molecule has 0 bridgehead atoms. The Morgan fingerprint density at radius 1 is 1.64 bits per heavy atom. The van der Waals surface area contributed by atoms with Gasteiger partial charge in [-0.2, -0.15) is 0 Å². The molecule has 1 rings (SSSR count). The maximum Gasteiger partial charge on any atom is 0.176 e. The maximum atomic E-state index is 8.99. The first kappa shape index (κ1) is 8.71. The molecule has 1 aliphatic rings. The van der Waals surface area contributed by atoms with Crippen LogP contribution in [0.2, 0.25) is 0 Å². The predicted octanol–water partition coefficient (Wildman–Crippen LogP) is 1.03. The van der Waals surface area contributed by atoms with Crippen LogP contribution in [-0.4, -0.2) is 24.3 Å². The van der Waals surface area contributed by atoms with Crippen molar-refractivity contribution in [1.29, 1.82) is 0 Å². The van der Waals surface area contributed by atoms with Gasteiger partial charge in [0.2, 0.25) is 0 Å². The maximum absolute atomic E-state index is 8.99. The van der Waals surface area contributed by atoms with Crippen molar-refractivity contribution in [3.63, 3.8) is 0 Å². The SMILES string of the molecule is C=CC(O)OC1CCCCO1. The average molecular weight is 158 g/mol. The summed E-state index contributed by atoms with van der Waals surface area (Å²) in [5.74, 6) is 0. The van der Waals surface area contributed by atoms with E-state index in [-0.39, 0.29) is 6.29 Å². The van der Waals surface area contributed by atoms with E-state index in [0.717, 1.165) is 25.9 Å². The summed E-state index contributed by atoms with van der Waals surface area (Å²) in [6, 6.07) is 0. The summed E-state index contributed by atoms with van der Waals surface area (Å²) < 4.78 is 10.3. The van der Waals surface area contributed by atoms with E-state index in [4.69, 9.17) is 14.6 Å². The molecule has 1 fully saturated rings. The van der Waals surface area contributed by atoms with Crippen LogP contribution in [0.4, 0.5) is 0 Å². The second-order valence-electron chi connectivity index (χ2n) is 2.56. The number of aliphatic hydroxyl groups is 1. The Balaban J connectivity index is 2.18. The Morgan fingerprint density at radius 3 is 3.00 bits per heavy atom. The van der Waals surface area contributed by atoms with Gasteiger partial charge >= 0.3 is 0 Å². The average Bonchev–Trinajstić information content (AvgIpc) is 2.06. The molecule has 0 amide bonds. The van der Waals surface area contributed by atoms with Crippen LogP contribution in [0.1, 0.15) is 19.3 Å². The largest absolute Gasteiger partial charge is 0.365 e. The summed E-state index contributed by atoms with van der Waals surface area (Å²) in [6.07, 6.45) is 3.27. The number of hydrogen-bond donors (Lipinski definition) is 1. The highest BCUT2D eigenvalue weighted by atomic mass is 16.7. The summed E-state index contributed by atoms with van der Waals surface area (Å²) in [6.45, 7) is 4.13. The monoisotopic (exact) mass is 158 g/mol. The van der Waals surface area contributed by atoms with Crippen LogP contribution in [0, 0.1) is 0 Å². The van der Waals surface area contributed by atoms with Crippen molar-refractivity contribution in [2.45, 2.75) is 31.8 Å². The van der Waals surface area contributed by atoms with Gasteiger partial charge in [-0.3, -0.25) is 0 Å². The first-order valence-corrected chi connectivity index (χ1v) is 3.90. The summed E-state index contributed by atoms with van der Waals surface area (Å²) >= 11 is 0. The molecule has 0 aromatic carbocycles. The molecule has 1 N–H and O–H groups in total. The molecule has 11 heavy (non-hydrogen) atoms. The zero-order chi connectivity index (χ0) is 8.10. The second-order valence-corrected chi connectivity index (χ2v) is 2.56. The molecule has 2 atom stereocenters. The van der Waals surface area contributed by atoms with Crippen molar-refractivity contribution >= 4 is 0 Å². The zero-order valence-corrected chi connectivity index (χ0v) is 6.53. The number of ether oxygens (including phenoxy) is 2. The van der Waals surface area contributed by atoms with E-state index in [1.165, 1.54) is 6.08 Å². The van der Waals surface area contributed by atoms with Gasteiger partial charge in [0.05, 0.1) is 0 Å². The van der Waals surface area contributed by atoms with Gasteiger partial charge in [-0.15, -0.1) is 0 Å². The summed E-state index contributed by atoms with van der Waals surface area (Å²) in [5.41, 5.74) is 0. The fourth-order valence-corrected chi connectivity index (χ4v) is 1.03.